The summed E-state index contributed by atoms with van der Waals surface area (Å²) in [4.78, 5) is 28.3. The monoisotopic (exact) mass is 459 g/mol. The quantitative estimate of drug-likeness (QED) is 0.269. The number of carboxylic acids is 1. The third-order valence-electron chi connectivity index (χ3n) is 4.90. The van der Waals surface area contributed by atoms with Gasteiger partial charge in [0.1, 0.15) is 23.7 Å². The number of halogens is 1. The van der Waals surface area contributed by atoms with Gasteiger partial charge in [0.25, 0.3) is 0 Å². The zero-order chi connectivity index (χ0) is 23.4. The lowest BCUT2D eigenvalue weighted by Gasteiger charge is -2.08. The predicted molar refractivity (Wildman–Crippen MR) is 126 cm³/mol. The van der Waals surface area contributed by atoms with Crippen LogP contribution in [0.5, 0.6) is 11.5 Å². The molecule has 2 N–H and O–H groups in total. The molecule has 0 bridgehead atoms. The Morgan fingerprint density at radius 3 is 2.58 bits per heavy atom. The van der Waals surface area contributed by atoms with Crippen LogP contribution in [0.2, 0.25) is 5.02 Å². The summed E-state index contributed by atoms with van der Waals surface area (Å²) in [6, 6.07) is 21.2. The second-order valence-corrected chi connectivity index (χ2v) is 7.65. The molecule has 0 spiro atoms. The summed E-state index contributed by atoms with van der Waals surface area (Å²) in [6.07, 6.45) is 2.78. The standard InChI is InChI=1S/C26H18ClNO5/c27-18-13-21(25(30)22(14-18)26(31)32)24(29)11-8-16-4-3-6-20(12-16)33-15-19-10-9-17-5-1-2-7-23(17)28-19/h1-14,30H,15H2,(H,31,32). The number of nitrogens with zero attached hydrogens (tertiary/aromatic N) is 1. The number of aromatic hydroxyl groups is 1. The molecule has 0 saturated heterocycles. The number of carbonyl (C=O) groups excluding carboxylic acids is 1. The molecule has 0 saturated carbocycles. The molecule has 33 heavy (non-hydrogen) atoms. The normalized spacial score (nSPS) is 11.1. The molecule has 1 heterocycles. The first kappa shape index (κ1) is 22.0. The number of aromatic nitrogens is 1. The predicted octanol–water partition coefficient (Wildman–Crippen LogP) is 5.77. The number of carboxylic acid groups (broad SMARTS) is 1. The number of hydrogen-bond donors (Lipinski definition) is 2. The summed E-state index contributed by atoms with van der Waals surface area (Å²) >= 11 is 5.89. The lowest BCUT2D eigenvalue weighted by atomic mass is 10.0. The van der Waals surface area contributed by atoms with E-state index in [4.69, 9.17) is 21.4 Å². The number of rotatable bonds is 7. The minimum atomic E-state index is -1.38. The van der Waals surface area contributed by atoms with Crippen LogP contribution in [0.4, 0.5) is 0 Å². The summed E-state index contributed by atoms with van der Waals surface area (Å²) in [6.45, 7) is 0.283. The molecular weight excluding hydrogens is 442 g/mol. The summed E-state index contributed by atoms with van der Waals surface area (Å²) < 4.78 is 5.85. The number of phenols is 1. The van der Waals surface area contributed by atoms with Crippen LogP contribution in [0.15, 0.2) is 78.9 Å². The smallest absolute Gasteiger partial charge is 0.339 e. The average molecular weight is 460 g/mol. The van der Waals surface area contributed by atoms with Crippen molar-refractivity contribution in [2.45, 2.75) is 6.61 Å². The van der Waals surface area contributed by atoms with E-state index < -0.39 is 23.1 Å². The highest BCUT2D eigenvalue weighted by Gasteiger charge is 2.18. The molecule has 6 nitrogen and oxygen atoms in total. The number of ketones is 1. The fraction of sp³-hybridized carbons (Fsp3) is 0.0385. The number of benzene rings is 3. The second kappa shape index (κ2) is 9.54. The first-order chi connectivity index (χ1) is 15.9. The SMILES string of the molecule is O=C(O)c1cc(Cl)cc(C(=O)C=Cc2cccc(OCc3ccc4ccccc4n3)c2)c1O. The van der Waals surface area contributed by atoms with E-state index in [2.05, 4.69) is 4.98 Å². The molecule has 1 aromatic heterocycles. The molecule has 0 atom stereocenters. The van der Waals surface area contributed by atoms with E-state index >= 15 is 0 Å². The van der Waals surface area contributed by atoms with E-state index in [0.29, 0.717) is 11.3 Å². The van der Waals surface area contributed by atoms with Crippen molar-refractivity contribution < 1.29 is 24.5 Å². The minimum Gasteiger partial charge on any atom is -0.506 e. The minimum absolute atomic E-state index is 0.0413. The summed E-state index contributed by atoms with van der Waals surface area (Å²) in [7, 11) is 0. The number of fused-ring (bicyclic) bond motifs is 1. The van der Waals surface area contributed by atoms with Gasteiger partial charge in [-0.2, -0.15) is 0 Å². The fourth-order valence-electron chi connectivity index (χ4n) is 3.27. The van der Waals surface area contributed by atoms with E-state index in [1.54, 1.807) is 30.3 Å². The number of allylic oxidation sites excluding steroid dienone is 1. The third kappa shape index (κ3) is 5.19. The lowest BCUT2D eigenvalue weighted by molar-refractivity contribution is 0.0693. The van der Waals surface area contributed by atoms with Crippen LogP contribution in [-0.2, 0) is 6.61 Å². The van der Waals surface area contributed by atoms with Gasteiger partial charge >= 0.3 is 5.97 Å². The van der Waals surface area contributed by atoms with Crippen molar-refractivity contribution in [3.8, 4) is 11.5 Å². The molecule has 0 aliphatic carbocycles. The van der Waals surface area contributed by atoms with Crippen LogP contribution in [0.3, 0.4) is 0 Å². The fourth-order valence-corrected chi connectivity index (χ4v) is 3.48. The molecule has 0 radical (unpaired) electrons. The van der Waals surface area contributed by atoms with Gasteiger partial charge in [-0.3, -0.25) is 4.79 Å². The number of pyridine rings is 1. The number of para-hydroxylation sites is 1. The van der Waals surface area contributed by atoms with Gasteiger partial charge in [-0.15, -0.1) is 0 Å². The zero-order valence-corrected chi connectivity index (χ0v) is 18.0. The van der Waals surface area contributed by atoms with Crippen LogP contribution >= 0.6 is 11.6 Å². The molecule has 0 fully saturated rings. The van der Waals surface area contributed by atoms with E-state index in [9.17, 15) is 14.7 Å². The largest absolute Gasteiger partial charge is 0.506 e. The van der Waals surface area contributed by atoms with E-state index in [0.717, 1.165) is 22.7 Å². The number of aromatic carboxylic acids is 1. The topological polar surface area (TPSA) is 96.7 Å². The van der Waals surface area contributed by atoms with E-state index in [1.165, 1.54) is 12.1 Å². The molecular formula is C26H18ClNO5. The second-order valence-electron chi connectivity index (χ2n) is 7.21. The van der Waals surface area contributed by atoms with Crippen molar-refractivity contribution >= 4 is 40.3 Å². The molecule has 0 aliphatic rings. The van der Waals surface area contributed by atoms with E-state index in [1.807, 2.05) is 36.4 Å². The van der Waals surface area contributed by atoms with E-state index in [-0.39, 0.29) is 17.2 Å². The number of ether oxygens (including phenoxy) is 1. The van der Waals surface area contributed by atoms with Crippen LogP contribution in [0, 0.1) is 0 Å². The highest BCUT2D eigenvalue weighted by Crippen LogP contribution is 2.28. The van der Waals surface area contributed by atoms with Gasteiger partial charge in [0.05, 0.1) is 16.8 Å². The van der Waals surface area contributed by atoms with Crippen molar-refractivity contribution in [1.82, 2.24) is 4.98 Å². The van der Waals surface area contributed by atoms with Gasteiger partial charge in [0, 0.05) is 10.4 Å². The Balaban J connectivity index is 1.47. The molecule has 3 aromatic carbocycles. The number of carbonyl (C=O) groups is 2. The van der Waals surface area contributed by atoms with Crippen LogP contribution < -0.4 is 4.74 Å². The first-order valence-corrected chi connectivity index (χ1v) is 10.3. The van der Waals surface area contributed by atoms with Crippen molar-refractivity contribution in [1.29, 1.82) is 0 Å². The van der Waals surface area contributed by atoms with Crippen molar-refractivity contribution in [3.63, 3.8) is 0 Å². The first-order valence-electron chi connectivity index (χ1n) is 9.96. The number of hydrogen-bond acceptors (Lipinski definition) is 5. The molecule has 0 unspecified atom stereocenters. The van der Waals surface area contributed by atoms with Crippen molar-refractivity contribution in [2.75, 3.05) is 0 Å². The maximum atomic E-state index is 12.5. The van der Waals surface area contributed by atoms with Gasteiger partial charge in [-0.05, 0) is 48.0 Å². The molecule has 4 aromatic rings. The molecule has 164 valence electrons. The Morgan fingerprint density at radius 1 is 0.970 bits per heavy atom. The molecule has 0 amide bonds. The Kier molecular flexibility index (Phi) is 6.38. The van der Waals surface area contributed by atoms with Crippen LogP contribution in [-0.4, -0.2) is 26.9 Å². The molecule has 7 heteroatoms. The van der Waals surface area contributed by atoms with Gasteiger partial charge in [-0.25, -0.2) is 9.78 Å². The molecule has 0 aliphatic heterocycles. The lowest BCUT2D eigenvalue weighted by Crippen LogP contribution is -2.03. The Morgan fingerprint density at radius 2 is 1.76 bits per heavy atom. The van der Waals surface area contributed by atoms with Crippen molar-refractivity contribution in [3.05, 3.63) is 106 Å². The third-order valence-corrected chi connectivity index (χ3v) is 5.12. The summed E-state index contributed by atoms with van der Waals surface area (Å²) in [5.41, 5.74) is 1.75. The van der Waals surface area contributed by atoms with Gasteiger partial charge in [-0.1, -0.05) is 54.1 Å². The highest BCUT2D eigenvalue weighted by molar-refractivity contribution is 6.31. The maximum absolute atomic E-state index is 12.5. The van der Waals surface area contributed by atoms with Crippen LogP contribution in [0.25, 0.3) is 17.0 Å². The van der Waals surface area contributed by atoms with Gasteiger partial charge in [0.2, 0.25) is 0 Å². The average Bonchev–Trinajstić information content (AvgIpc) is 2.82. The molecule has 4 rings (SSSR count). The maximum Gasteiger partial charge on any atom is 0.339 e. The highest BCUT2D eigenvalue weighted by atomic mass is 35.5. The summed E-state index contributed by atoms with van der Waals surface area (Å²) in [5.74, 6) is -1.98. The van der Waals surface area contributed by atoms with Gasteiger partial charge < -0.3 is 14.9 Å². The van der Waals surface area contributed by atoms with Crippen LogP contribution in [0.1, 0.15) is 32.0 Å². The van der Waals surface area contributed by atoms with Gasteiger partial charge in [0.15, 0.2) is 5.78 Å². The summed E-state index contributed by atoms with van der Waals surface area (Å²) in [5, 5.41) is 20.4. The Labute approximate surface area is 194 Å². The Bertz CT molecular complexity index is 1400. The zero-order valence-electron chi connectivity index (χ0n) is 17.2. The van der Waals surface area contributed by atoms with Crippen molar-refractivity contribution in [2.24, 2.45) is 0 Å². The Hall–Kier alpha value is -4.16.